The zero-order chi connectivity index (χ0) is 20.6. The van der Waals surface area contributed by atoms with Gasteiger partial charge in [0.2, 0.25) is 5.95 Å². The Morgan fingerprint density at radius 1 is 0.931 bits per heavy atom. The van der Waals surface area contributed by atoms with E-state index in [9.17, 15) is 9.59 Å². The molecule has 0 aliphatic carbocycles. The molecular formula is C21H20N4O4. The molecule has 8 nitrogen and oxygen atoms in total. The number of fused-ring (bicyclic) bond motifs is 2. The van der Waals surface area contributed by atoms with Gasteiger partial charge in [0.15, 0.2) is 0 Å². The molecule has 3 aromatic carbocycles. The molecule has 0 saturated heterocycles. The number of hydrogen-bond donors (Lipinski definition) is 3. The Morgan fingerprint density at radius 3 is 2.41 bits per heavy atom. The van der Waals surface area contributed by atoms with E-state index in [1.165, 1.54) is 14.2 Å². The topological polar surface area (TPSA) is 105 Å². The van der Waals surface area contributed by atoms with Crippen molar-refractivity contribution in [3.05, 3.63) is 66.7 Å². The molecule has 0 aliphatic heterocycles. The third-order valence-electron chi connectivity index (χ3n) is 3.95. The van der Waals surface area contributed by atoms with Gasteiger partial charge in [-0.2, -0.15) is 0 Å². The molecule has 29 heavy (non-hydrogen) atoms. The molecule has 4 rings (SSSR count). The molecule has 3 N–H and O–H groups in total. The lowest BCUT2D eigenvalue weighted by Gasteiger charge is -2.06. The fourth-order valence-corrected chi connectivity index (χ4v) is 2.60. The molecule has 0 saturated carbocycles. The molecule has 0 radical (unpaired) electrons. The second kappa shape index (κ2) is 9.23. The average molecular weight is 392 g/mol. The van der Waals surface area contributed by atoms with Crippen LogP contribution < -0.4 is 15.4 Å². The van der Waals surface area contributed by atoms with Crippen LogP contribution in [0.2, 0.25) is 0 Å². The highest BCUT2D eigenvalue weighted by Crippen LogP contribution is 2.25. The van der Waals surface area contributed by atoms with Crippen molar-refractivity contribution in [2.45, 2.75) is 0 Å². The third-order valence-corrected chi connectivity index (χ3v) is 3.95. The number of H-pyrrole nitrogens is 1. The molecule has 1 heterocycles. The van der Waals surface area contributed by atoms with E-state index in [-0.39, 0.29) is 0 Å². The second-order valence-corrected chi connectivity index (χ2v) is 5.84. The molecule has 0 atom stereocenters. The van der Waals surface area contributed by atoms with Crippen LogP contribution >= 0.6 is 0 Å². The van der Waals surface area contributed by atoms with Crippen LogP contribution in [0.1, 0.15) is 0 Å². The molecule has 148 valence electrons. The number of anilines is 1. The monoisotopic (exact) mass is 392 g/mol. The number of amides is 2. The van der Waals surface area contributed by atoms with Crippen LogP contribution in [0.15, 0.2) is 66.7 Å². The van der Waals surface area contributed by atoms with Crippen molar-refractivity contribution in [3.8, 4) is 5.75 Å². The highest BCUT2D eigenvalue weighted by Gasteiger charge is 2.06. The van der Waals surface area contributed by atoms with Gasteiger partial charge in [0, 0.05) is 12.4 Å². The van der Waals surface area contributed by atoms with Crippen molar-refractivity contribution in [1.82, 2.24) is 15.3 Å². The smallest absolute Gasteiger partial charge is 0.413 e. The van der Waals surface area contributed by atoms with Crippen LogP contribution in [0.25, 0.3) is 21.8 Å². The second-order valence-electron chi connectivity index (χ2n) is 5.84. The van der Waals surface area contributed by atoms with E-state index in [1.807, 2.05) is 60.7 Å². The summed E-state index contributed by atoms with van der Waals surface area (Å²) >= 11 is 0. The number of hydrogen-bond acceptors (Lipinski definition) is 5. The summed E-state index contributed by atoms with van der Waals surface area (Å²) in [5.41, 5.74) is 1.68. The normalized spacial score (nSPS) is 10.0. The Bertz CT molecular complexity index is 1100. The maximum absolute atomic E-state index is 11.1. The van der Waals surface area contributed by atoms with Crippen molar-refractivity contribution in [3.63, 3.8) is 0 Å². The number of benzene rings is 3. The van der Waals surface area contributed by atoms with Gasteiger partial charge in [-0.3, -0.25) is 5.32 Å². The molecule has 0 bridgehead atoms. The minimum atomic E-state index is -0.538. The minimum Gasteiger partial charge on any atom is -0.453 e. The van der Waals surface area contributed by atoms with Gasteiger partial charge in [-0.05, 0) is 23.6 Å². The first-order valence-corrected chi connectivity index (χ1v) is 8.77. The standard InChI is InChI=1S/C12H11NO2.C9H9N3O2/c1-13-12(14)15-11-8-4-6-9-5-2-3-7-10(9)11;1-14-9(13)12-8-10-6-4-2-3-5-7(6)11-8/h2-8H,1H3,(H,13,14);2-5H,1H3,(H2,10,11,12,13). The van der Waals surface area contributed by atoms with Gasteiger partial charge in [0.05, 0.1) is 18.1 Å². The number of nitrogens with zero attached hydrogens (tertiary/aromatic N) is 1. The largest absolute Gasteiger partial charge is 0.453 e. The van der Waals surface area contributed by atoms with Gasteiger partial charge in [0.25, 0.3) is 0 Å². The summed E-state index contributed by atoms with van der Waals surface area (Å²) in [5, 5.41) is 6.86. The number of para-hydroxylation sites is 2. The molecule has 0 spiro atoms. The molecule has 4 aromatic rings. The van der Waals surface area contributed by atoms with Crippen LogP contribution in [-0.4, -0.2) is 36.3 Å². The molecule has 0 aliphatic rings. The van der Waals surface area contributed by atoms with E-state index in [2.05, 4.69) is 25.3 Å². The Labute approximate surface area is 166 Å². The van der Waals surface area contributed by atoms with Gasteiger partial charge in [-0.1, -0.05) is 48.5 Å². The Kier molecular flexibility index (Phi) is 6.26. The Hall–Kier alpha value is -4.07. The molecule has 1 aromatic heterocycles. The predicted molar refractivity (Wildman–Crippen MR) is 111 cm³/mol. The first-order valence-electron chi connectivity index (χ1n) is 8.77. The van der Waals surface area contributed by atoms with Crippen molar-refractivity contribution in [2.75, 3.05) is 19.5 Å². The van der Waals surface area contributed by atoms with Gasteiger partial charge < -0.3 is 19.8 Å². The summed E-state index contributed by atoms with van der Waals surface area (Å²) in [4.78, 5) is 29.0. The first kappa shape index (κ1) is 19.7. The number of methoxy groups -OCH3 is 1. The van der Waals surface area contributed by atoms with Crippen LogP contribution in [0.5, 0.6) is 5.75 Å². The number of carbonyl (C=O) groups is 2. The number of aromatic amines is 1. The maximum Gasteiger partial charge on any atom is 0.413 e. The maximum atomic E-state index is 11.1. The predicted octanol–water partition coefficient (Wildman–Crippen LogP) is 4.30. The van der Waals surface area contributed by atoms with Crippen molar-refractivity contribution < 1.29 is 19.1 Å². The van der Waals surface area contributed by atoms with Crippen LogP contribution in [0.4, 0.5) is 15.5 Å². The Morgan fingerprint density at radius 2 is 1.66 bits per heavy atom. The lowest BCUT2D eigenvalue weighted by atomic mass is 10.1. The van der Waals surface area contributed by atoms with Crippen LogP contribution in [-0.2, 0) is 4.74 Å². The highest BCUT2D eigenvalue weighted by atomic mass is 16.6. The van der Waals surface area contributed by atoms with E-state index in [0.29, 0.717) is 11.7 Å². The third kappa shape index (κ3) is 5.01. The van der Waals surface area contributed by atoms with E-state index in [4.69, 9.17) is 4.74 Å². The van der Waals surface area contributed by atoms with Gasteiger partial charge in [-0.15, -0.1) is 0 Å². The molecule has 0 unspecified atom stereocenters. The SMILES string of the molecule is CNC(=O)Oc1cccc2ccccc12.COC(=O)Nc1nc2ccccc2[nH]1. The van der Waals surface area contributed by atoms with Crippen molar-refractivity contribution in [2.24, 2.45) is 0 Å². The molecule has 0 fully saturated rings. The quantitative estimate of drug-likeness (QED) is 0.472. The Balaban J connectivity index is 0.000000166. The van der Waals surface area contributed by atoms with Crippen molar-refractivity contribution >= 4 is 39.9 Å². The van der Waals surface area contributed by atoms with Crippen LogP contribution in [0, 0.1) is 0 Å². The lowest BCUT2D eigenvalue weighted by Crippen LogP contribution is -2.22. The zero-order valence-electron chi connectivity index (χ0n) is 15.9. The zero-order valence-corrected chi connectivity index (χ0v) is 15.9. The van der Waals surface area contributed by atoms with Gasteiger partial charge in [-0.25, -0.2) is 14.6 Å². The first-order chi connectivity index (χ1) is 14.1. The lowest BCUT2D eigenvalue weighted by molar-refractivity contribution is 0.186. The minimum absolute atomic E-state index is 0.387. The van der Waals surface area contributed by atoms with E-state index in [1.54, 1.807) is 6.07 Å². The van der Waals surface area contributed by atoms with Crippen LogP contribution in [0.3, 0.4) is 0 Å². The molecule has 2 amide bonds. The summed E-state index contributed by atoms with van der Waals surface area (Å²) in [7, 11) is 2.84. The van der Waals surface area contributed by atoms with Crippen molar-refractivity contribution in [1.29, 1.82) is 0 Å². The number of rotatable bonds is 2. The van der Waals surface area contributed by atoms with Gasteiger partial charge >= 0.3 is 12.2 Å². The summed E-state index contributed by atoms with van der Waals surface area (Å²) in [5.74, 6) is 0.963. The van der Waals surface area contributed by atoms with Gasteiger partial charge in [0.1, 0.15) is 5.75 Å². The summed E-state index contributed by atoms with van der Waals surface area (Å²) < 4.78 is 9.57. The summed E-state index contributed by atoms with van der Waals surface area (Å²) in [6, 6.07) is 20.9. The number of imidazole rings is 1. The molecular weight excluding hydrogens is 372 g/mol. The fourth-order valence-electron chi connectivity index (χ4n) is 2.60. The number of ether oxygens (including phenoxy) is 2. The van der Waals surface area contributed by atoms with E-state index < -0.39 is 12.2 Å². The van der Waals surface area contributed by atoms with E-state index >= 15 is 0 Å². The summed E-state index contributed by atoms with van der Waals surface area (Å²) in [6.07, 6.45) is -0.990. The highest BCUT2D eigenvalue weighted by molar-refractivity contribution is 5.90. The average Bonchev–Trinajstić information content (AvgIpc) is 3.16. The fraction of sp³-hybridized carbons (Fsp3) is 0.0952. The number of nitrogens with one attached hydrogen (secondary N) is 3. The summed E-state index contributed by atoms with van der Waals surface area (Å²) in [6.45, 7) is 0. The number of carbonyl (C=O) groups excluding carboxylic acids is 2. The molecule has 8 heteroatoms. The van der Waals surface area contributed by atoms with E-state index in [0.717, 1.165) is 21.8 Å². The number of aromatic nitrogens is 2.